The Morgan fingerprint density at radius 3 is 2.86 bits per heavy atom. The lowest BCUT2D eigenvalue weighted by atomic mass is 9.91. The molecule has 21 heavy (non-hydrogen) atoms. The van der Waals surface area contributed by atoms with E-state index < -0.39 is 0 Å². The van der Waals surface area contributed by atoms with Crippen molar-refractivity contribution in [3.8, 4) is 0 Å². The Bertz CT molecular complexity index is 644. The van der Waals surface area contributed by atoms with Crippen molar-refractivity contribution in [3.05, 3.63) is 21.7 Å². The molecule has 0 aliphatic heterocycles. The van der Waals surface area contributed by atoms with E-state index in [1.165, 1.54) is 11.3 Å². The second kappa shape index (κ2) is 5.61. The summed E-state index contributed by atoms with van der Waals surface area (Å²) in [6.45, 7) is 2.73. The van der Waals surface area contributed by atoms with E-state index in [4.69, 9.17) is 5.73 Å². The quantitative estimate of drug-likeness (QED) is 0.692. The number of nitrogens with zero attached hydrogens (tertiary/aromatic N) is 4. The predicted molar refractivity (Wildman–Crippen MR) is 83.0 cm³/mol. The van der Waals surface area contributed by atoms with Crippen molar-refractivity contribution in [3.63, 3.8) is 0 Å². The summed E-state index contributed by atoms with van der Waals surface area (Å²) in [7, 11) is 0. The number of aromatic nitrogens is 2. The van der Waals surface area contributed by atoms with Crippen LogP contribution in [0.1, 0.15) is 32.6 Å². The molecule has 0 amide bonds. The number of fused-ring (bicyclic) bond motifs is 1. The Morgan fingerprint density at radius 2 is 2.24 bits per heavy atom. The number of imidazole rings is 1. The Kier molecular flexibility index (Phi) is 3.81. The first-order chi connectivity index (χ1) is 10.1. The number of hydrogen-bond acceptors (Lipinski definition) is 6. The topological polar surface area (TPSA) is 89.7 Å². The highest BCUT2D eigenvalue weighted by atomic mass is 32.1. The maximum Gasteiger partial charge on any atom is 0.373 e. The van der Waals surface area contributed by atoms with E-state index in [-0.39, 0.29) is 22.8 Å². The van der Waals surface area contributed by atoms with Gasteiger partial charge in [0.1, 0.15) is 6.20 Å². The van der Waals surface area contributed by atoms with Crippen molar-refractivity contribution in [2.75, 3.05) is 11.4 Å². The molecule has 1 aliphatic rings. The highest BCUT2D eigenvalue weighted by Gasteiger charge is 2.32. The Hall–Kier alpha value is -1.67. The lowest BCUT2D eigenvalue weighted by Crippen LogP contribution is -2.41. The van der Waals surface area contributed by atoms with Crippen molar-refractivity contribution < 1.29 is 4.92 Å². The maximum absolute atomic E-state index is 11.5. The van der Waals surface area contributed by atoms with Crippen molar-refractivity contribution in [1.29, 1.82) is 0 Å². The smallest absolute Gasteiger partial charge is 0.358 e. The van der Waals surface area contributed by atoms with Crippen LogP contribution in [-0.4, -0.2) is 32.9 Å². The Labute approximate surface area is 126 Å². The molecule has 0 bridgehead atoms. The van der Waals surface area contributed by atoms with Gasteiger partial charge in [0.15, 0.2) is 0 Å². The van der Waals surface area contributed by atoms with Crippen LogP contribution >= 0.6 is 11.3 Å². The summed E-state index contributed by atoms with van der Waals surface area (Å²) in [5.74, 6) is 0.567. The van der Waals surface area contributed by atoms with Crippen molar-refractivity contribution >= 4 is 27.9 Å². The molecule has 7 nitrogen and oxygen atoms in total. The molecule has 1 aliphatic carbocycles. The molecule has 0 unspecified atom stereocenters. The largest absolute Gasteiger partial charge is 0.373 e. The molecule has 2 aromatic rings. The van der Waals surface area contributed by atoms with Crippen LogP contribution in [0.3, 0.4) is 0 Å². The van der Waals surface area contributed by atoms with E-state index in [0.717, 1.165) is 25.7 Å². The summed E-state index contributed by atoms with van der Waals surface area (Å²) < 4.78 is 1.57. The third kappa shape index (κ3) is 2.49. The third-order valence-electron chi connectivity index (χ3n) is 4.19. The molecular formula is C13H19N5O2S. The number of nitro groups is 1. The minimum Gasteiger partial charge on any atom is -0.358 e. The van der Waals surface area contributed by atoms with Crippen LogP contribution in [0.5, 0.6) is 0 Å². The monoisotopic (exact) mass is 309 g/mol. The summed E-state index contributed by atoms with van der Waals surface area (Å²) >= 11 is 1.42. The molecule has 2 N–H and O–H groups in total. The van der Waals surface area contributed by atoms with Gasteiger partial charge in [0.05, 0.1) is 0 Å². The molecular weight excluding hydrogens is 290 g/mol. The Morgan fingerprint density at radius 1 is 1.52 bits per heavy atom. The van der Waals surface area contributed by atoms with Gasteiger partial charge >= 0.3 is 5.82 Å². The molecule has 1 fully saturated rings. The second-order valence-electron chi connectivity index (χ2n) is 5.43. The van der Waals surface area contributed by atoms with E-state index in [9.17, 15) is 10.1 Å². The average Bonchev–Trinajstić information content (AvgIpc) is 3.01. The third-order valence-corrected chi connectivity index (χ3v) is 4.94. The van der Waals surface area contributed by atoms with Gasteiger partial charge < -0.3 is 20.7 Å². The highest BCUT2D eigenvalue weighted by molar-refractivity contribution is 7.15. The fourth-order valence-corrected chi connectivity index (χ4v) is 3.82. The van der Waals surface area contributed by atoms with Crippen molar-refractivity contribution in [2.45, 2.75) is 44.7 Å². The number of thiazole rings is 1. The van der Waals surface area contributed by atoms with Crippen LogP contribution in [0.2, 0.25) is 0 Å². The molecule has 0 radical (unpaired) electrons. The minimum atomic E-state index is -0.334. The van der Waals surface area contributed by atoms with Gasteiger partial charge in [-0.15, -0.1) is 0 Å². The lowest BCUT2D eigenvalue weighted by Gasteiger charge is -2.35. The zero-order valence-electron chi connectivity index (χ0n) is 11.9. The van der Waals surface area contributed by atoms with Crippen LogP contribution in [0.25, 0.3) is 4.96 Å². The van der Waals surface area contributed by atoms with E-state index in [0.29, 0.717) is 17.3 Å². The van der Waals surface area contributed by atoms with Crippen LogP contribution in [0.15, 0.2) is 11.6 Å². The summed E-state index contributed by atoms with van der Waals surface area (Å²) in [5, 5.41) is 13.3. The van der Waals surface area contributed by atoms with Crippen LogP contribution < -0.4 is 10.6 Å². The Balaban J connectivity index is 1.98. The SMILES string of the molecule is CCN(c1nc2sccn2c1[N+](=O)[O-])C1CCC(N)CC1. The number of rotatable bonds is 4. The molecule has 0 atom stereocenters. The maximum atomic E-state index is 11.5. The lowest BCUT2D eigenvalue weighted by molar-refractivity contribution is -0.389. The first-order valence-corrected chi connectivity index (χ1v) is 8.12. The first-order valence-electron chi connectivity index (χ1n) is 7.24. The first kappa shape index (κ1) is 14.3. The standard InChI is InChI=1S/C13H19N5O2S/c1-2-16(10-5-3-9(14)4-6-10)11-12(18(19)20)17-7-8-21-13(17)15-11/h7-10H,2-6,14H2,1H3. The molecule has 8 heteroatoms. The van der Waals surface area contributed by atoms with E-state index in [1.807, 2.05) is 12.3 Å². The summed E-state index contributed by atoms with van der Waals surface area (Å²) in [6.07, 6.45) is 5.59. The van der Waals surface area contributed by atoms with E-state index in [2.05, 4.69) is 9.88 Å². The predicted octanol–water partition coefficient (Wildman–Crippen LogP) is 2.40. The average molecular weight is 309 g/mol. The van der Waals surface area contributed by atoms with E-state index in [1.54, 1.807) is 10.6 Å². The van der Waals surface area contributed by atoms with Gasteiger partial charge in [0.2, 0.25) is 5.82 Å². The van der Waals surface area contributed by atoms with Gasteiger partial charge in [-0.1, -0.05) is 11.3 Å². The van der Waals surface area contributed by atoms with Crippen LogP contribution in [-0.2, 0) is 0 Å². The molecule has 0 spiro atoms. The minimum absolute atomic E-state index is 0.0722. The molecule has 2 heterocycles. The zero-order chi connectivity index (χ0) is 15.0. The molecule has 2 aromatic heterocycles. The second-order valence-corrected chi connectivity index (χ2v) is 6.30. The molecule has 0 saturated heterocycles. The molecule has 0 aromatic carbocycles. The van der Waals surface area contributed by atoms with Crippen LogP contribution in [0.4, 0.5) is 11.6 Å². The molecule has 1 saturated carbocycles. The number of hydrogen-bond donors (Lipinski definition) is 1. The van der Waals surface area contributed by atoms with Crippen molar-refractivity contribution in [2.24, 2.45) is 5.73 Å². The van der Waals surface area contributed by atoms with E-state index >= 15 is 0 Å². The summed E-state index contributed by atoms with van der Waals surface area (Å²) in [4.78, 5) is 18.4. The molecule has 114 valence electrons. The van der Waals surface area contributed by atoms with Gasteiger partial charge in [-0.05, 0) is 37.5 Å². The van der Waals surface area contributed by atoms with Gasteiger partial charge in [0.25, 0.3) is 4.96 Å². The van der Waals surface area contributed by atoms with Gasteiger partial charge in [-0.2, -0.15) is 9.38 Å². The van der Waals surface area contributed by atoms with Crippen molar-refractivity contribution in [1.82, 2.24) is 9.38 Å². The fraction of sp³-hybridized carbons (Fsp3) is 0.615. The van der Waals surface area contributed by atoms with Gasteiger partial charge in [0, 0.05) is 24.0 Å². The molecule has 3 rings (SSSR count). The van der Waals surface area contributed by atoms with Gasteiger partial charge in [-0.25, -0.2) is 0 Å². The van der Waals surface area contributed by atoms with Gasteiger partial charge in [-0.3, -0.25) is 0 Å². The summed E-state index contributed by atoms with van der Waals surface area (Å²) in [6, 6.07) is 0.554. The highest BCUT2D eigenvalue weighted by Crippen LogP contribution is 2.34. The normalized spacial score (nSPS) is 22.6. The number of nitrogens with two attached hydrogens (primary N) is 1. The zero-order valence-corrected chi connectivity index (χ0v) is 12.8. The summed E-state index contributed by atoms with van der Waals surface area (Å²) in [5.41, 5.74) is 5.96. The van der Waals surface area contributed by atoms with Crippen LogP contribution in [0, 0.1) is 10.1 Å². The fourth-order valence-electron chi connectivity index (χ4n) is 3.12. The number of anilines is 1.